The van der Waals surface area contributed by atoms with Gasteiger partial charge in [-0.05, 0) is 29.5 Å². The fourth-order valence-electron chi connectivity index (χ4n) is 2.30. The van der Waals surface area contributed by atoms with Gasteiger partial charge in [-0.15, -0.1) is 0 Å². The summed E-state index contributed by atoms with van der Waals surface area (Å²) in [5.41, 5.74) is 1.94. The number of ether oxygens (including phenoxy) is 1. The maximum atomic E-state index is 11.4. The van der Waals surface area contributed by atoms with Gasteiger partial charge in [0.2, 0.25) is 0 Å². The molecule has 0 aromatic heterocycles. The van der Waals surface area contributed by atoms with Gasteiger partial charge in [0.1, 0.15) is 0 Å². The quantitative estimate of drug-likeness (QED) is 0.785. The first-order valence-electron chi connectivity index (χ1n) is 7.36. The fraction of sp³-hybridized carbons (Fsp3) is 0.588. The van der Waals surface area contributed by atoms with Crippen molar-refractivity contribution in [2.75, 3.05) is 26.8 Å². The number of aliphatic hydroxyl groups is 1. The molecule has 1 aromatic carbocycles. The molecule has 0 aliphatic rings. The highest BCUT2D eigenvalue weighted by Gasteiger charge is 2.16. The molecule has 1 N–H and O–H groups in total. The largest absolute Gasteiger partial charge is 0.465 e. The predicted octanol–water partition coefficient (Wildman–Crippen LogP) is 2.70. The molecule has 0 bridgehead atoms. The third kappa shape index (κ3) is 6.74. The van der Waals surface area contributed by atoms with Crippen molar-refractivity contribution in [1.29, 1.82) is 0 Å². The van der Waals surface area contributed by atoms with Crippen molar-refractivity contribution in [2.45, 2.75) is 33.7 Å². The third-order valence-electron chi connectivity index (χ3n) is 3.11. The molecule has 0 amide bonds. The fourth-order valence-corrected chi connectivity index (χ4v) is 2.30. The third-order valence-corrected chi connectivity index (χ3v) is 3.11. The summed E-state index contributed by atoms with van der Waals surface area (Å²) in [7, 11) is 1.39. The van der Waals surface area contributed by atoms with Crippen LogP contribution in [0.15, 0.2) is 24.3 Å². The summed E-state index contributed by atoms with van der Waals surface area (Å²) in [6.45, 7) is 9.48. The van der Waals surface area contributed by atoms with E-state index < -0.39 is 0 Å². The van der Waals surface area contributed by atoms with E-state index in [4.69, 9.17) is 9.84 Å². The summed E-state index contributed by atoms with van der Waals surface area (Å²) in [6, 6.07) is 7.51. The zero-order chi connectivity index (χ0) is 15.9. The molecule has 4 nitrogen and oxygen atoms in total. The highest BCUT2D eigenvalue weighted by Crippen LogP contribution is 2.18. The molecular weight excluding hydrogens is 266 g/mol. The maximum Gasteiger partial charge on any atom is 0.337 e. The van der Waals surface area contributed by atoms with Crippen LogP contribution in [-0.2, 0) is 11.3 Å². The predicted molar refractivity (Wildman–Crippen MR) is 84.2 cm³/mol. The Labute approximate surface area is 127 Å². The van der Waals surface area contributed by atoms with Gasteiger partial charge in [0.05, 0.1) is 12.7 Å². The Morgan fingerprint density at radius 3 is 2.33 bits per heavy atom. The topological polar surface area (TPSA) is 49.8 Å². The molecule has 0 saturated heterocycles. The van der Waals surface area contributed by atoms with Gasteiger partial charge in [-0.1, -0.05) is 32.9 Å². The minimum Gasteiger partial charge on any atom is -0.465 e. The minimum absolute atomic E-state index is 0.210. The number of rotatable bonds is 7. The molecule has 0 heterocycles. The van der Waals surface area contributed by atoms with Crippen LogP contribution in [0, 0.1) is 5.41 Å². The Hall–Kier alpha value is -1.39. The number of methoxy groups -OCH3 is 1. The van der Waals surface area contributed by atoms with Crippen molar-refractivity contribution >= 4 is 5.97 Å². The van der Waals surface area contributed by atoms with E-state index in [2.05, 4.69) is 25.7 Å². The van der Waals surface area contributed by atoms with Crippen LogP contribution in [0.1, 0.15) is 43.1 Å². The first-order chi connectivity index (χ1) is 9.85. The maximum absolute atomic E-state index is 11.4. The van der Waals surface area contributed by atoms with E-state index in [0.29, 0.717) is 5.56 Å². The standard InChI is InChI=1S/C17H27NO3/c1-17(2,3)13-18(10-5-11-19)12-14-6-8-15(9-7-14)16(20)21-4/h6-9,19H,5,10-13H2,1-4H3. The summed E-state index contributed by atoms with van der Waals surface area (Å²) < 4.78 is 4.70. The highest BCUT2D eigenvalue weighted by molar-refractivity contribution is 5.89. The van der Waals surface area contributed by atoms with Crippen LogP contribution in [0.2, 0.25) is 0 Å². The van der Waals surface area contributed by atoms with Crippen LogP contribution in [0.4, 0.5) is 0 Å². The van der Waals surface area contributed by atoms with Crippen LogP contribution < -0.4 is 0 Å². The summed E-state index contributed by atoms with van der Waals surface area (Å²) in [5, 5.41) is 9.03. The molecule has 0 fully saturated rings. The number of aliphatic hydroxyl groups excluding tert-OH is 1. The molecule has 0 saturated carbocycles. The number of benzene rings is 1. The molecule has 0 unspecified atom stereocenters. The molecule has 21 heavy (non-hydrogen) atoms. The average molecular weight is 293 g/mol. The van der Waals surface area contributed by atoms with Crippen molar-refractivity contribution in [3.8, 4) is 0 Å². The van der Waals surface area contributed by atoms with Gasteiger partial charge in [-0.3, -0.25) is 4.90 Å². The molecular formula is C17H27NO3. The summed E-state index contributed by atoms with van der Waals surface area (Å²) >= 11 is 0. The van der Waals surface area contributed by atoms with Gasteiger partial charge in [0.15, 0.2) is 0 Å². The van der Waals surface area contributed by atoms with Gasteiger partial charge in [-0.25, -0.2) is 4.79 Å². The van der Waals surface area contributed by atoms with Gasteiger partial charge in [0, 0.05) is 26.2 Å². The first-order valence-corrected chi connectivity index (χ1v) is 7.36. The van der Waals surface area contributed by atoms with E-state index in [1.807, 2.05) is 12.1 Å². The van der Waals surface area contributed by atoms with Gasteiger partial charge in [-0.2, -0.15) is 0 Å². The van der Waals surface area contributed by atoms with Crippen LogP contribution in [0.3, 0.4) is 0 Å². The van der Waals surface area contributed by atoms with Crippen molar-refractivity contribution in [3.05, 3.63) is 35.4 Å². The Bertz CT molecular complexity index is 434. The zero-order valence-electron chi connectivity index (χ0n) is 13.6. The Balaban J connectivity index is 2.71. The molecule has 4 heteroatoms. The summed E-state index contributed by atoms with van der Waals surface area (Å²) in [5.74, 6) is -0.312. The number of hydrogen-bond donors (Lipinski definition) is 1. The number of hydrogen-bond acceptors (Lipinski definition) is 4. The minimum atomic E-state index is -0.312. The van der Waals surface area contributed by atoms with Crippen molar-refractivity contribution in [2.24, 2.45) is 5.41 Å². The van der Waals surface area contributed by atoms with E-state index in [1.165, 1.54) is 7.11 Å². The average Bonchev–Trinajstić information content (AvgIpc) is 2.43. The van der Waals surface area contributed by atoms with Crippen molar-refractivity contribution < 1.29 is 14.6 Å². The number of nitrogens with zero attached hydrogens (tertiary/aromatic N) is 1. The zero-order valence-corrected chi connectivity index (χ0v) is 13.6. The lowest BCUT2D eigenvalue weighted by Crippen LogP contribution is -2.33. The van der Waals surface area contributed by atoms with E-state index in [1.54, 1.807) is 12.1 Å². The molecule has 0 aliphatic heterocycles. The molecule has 0 atom stereocenters. The Morgan fingerprint density at radius 1 is 1.24 bits per heavy atom. The molecule has 0 spiro atoms. The van der Waals surface area contributed by atoms with Crippen LogP contribution in [-0.4, -0.2) is 42.8 Å². The van der Waals surface area contributed by atoms with E-state index >= 15 is 0 Å². The summed E-state index contributed by atoms with van der Waals surface area (Å²) in [6.07, 6.45) is 0.774. The molecule has 0 aliphatic carbocycles. The molecule has 1 aromatic rings. The first kappa shape index (κ1) is 17.7. The van der Waals surface area contributed by atoms with Gasteiger partial charge >= 0.3 is 5.97 Å². The highest BCUT2D eigenvalue weighted by atomic mass is 16.5. The van der Waals surface area contributed by atoms with E-state index in [-0.39, 0.29) is 18.0 Å². The molecule has 0 radical (unpaired) electrons. The monoisotopic (exact) mass is 293 g/mol. The van der Waals surface area contributed by atoms with E-state index in [0.717, 1.165) is 31.6 Å². The van der Waals surface area contributed by atoms with E-state index in [9.17, 15) is 4.79 Å². The van der Waals surface area contributed by atoms with Crippen LogP contribution in [0.5, 0.6) is 0 Å². The second-order valence-corrected chi connectivity index (χ2v) is 6.54. The number of carbonyl (C=O) groups is 1. The van der Waals surface area contributed by atoms with Crippen molar-refractivity contribution in [1.82, 2.24) is 4.90 Å². The smallest absolute Gasteiger partial charge is 0.337 e. The van der Waals surface area contributed by atoms with Crippen LogP contribution >= 0.6 is 0 Å². The van der Waals surface area contributed by atoms with Crippen molar-refractivity contribution in [3.63, 3.8) is 0 Å². The lowest BCUT2D eigenvalue weighted by atomic mass is 9.95. The lowest BCUT2D eigenvalue weighted by Gasteiger charge is -2.30. The Morgan fingerprint density at radius 2 is 1.86 bits per heavy atom. The lowest BCUT2D eigenvalue weighted by molar-refractivity contribution is 0.0600. The SMILES string of the molecule is COC(=O)c1ccc(CN(CCCO)CC(C)(C)C)cc1. The molecule has 1 rings (SSSR count). The number of esters is 1. The van der Waals surface area contributed by atoms with Crippen LogP contribution in [0.25, 0.3) is 0 Å². The second kappa shape index (κ2) is 8.15. The second-order valence-electron chi connectivity index (χ2n) is 6.54. The number of carbonyl (C=O) groups excluding carboxylic acids is 1. The Kier molecular flexibility index (Phi) is 6.85. The van der Waals surface area contributed by atoms with Gasteiger partial charge < -0.3 is 9.84 Å². The normalized spacial score (nSPS) is 11.7. The summed E-state index contributed by atoms with van der Waals surface area (Å²) in [4.78, 5) is 13.8. The van der Waals surface area contributed by atoms with Gasteiger partial charge in [0.25, 0.3) is 0 Å². The molecule has 118 valence electrons.